The summed E-state index contributed by atoms with van der Waals surface area (Å²) in [7, 11) is 5.42. The van der Waals surface area contributed by atoms with Crippen molar-refractivity contribution < 1.29 is 14.2 Å². The van der Waals surface area contributed by atoms with E-state index in [1.54, 1.807) is 14.2 Å². The third kappa shape index (κ3) is 4.90. The summed E-state index contributed by atoms with van der Waals surface area (Å²) in [5, 5.41) is 7.82. The summed E-state index contributed by atoms with van der Waals surface area (Å²) in [6.07, 6.45) is 8.47. The number of aromatic amines is 1. The number of nitrogens with one attached hydrogen (secondary N) is 1. The molecular weight excluding hydrogens is 513 g/mol. The smallest absolute Gasteiger partial charge is 0.497 e. The van der Waals surface area contributed by atoms with Gasteiger partial charge in [-0.1, -0.05) is 32.4 Å². The highest BCUT2D eigenvalue weighted by atomic mass is 16.5. The van der Waals surface area contributed by atoms with Gasteiger partial charge >= 0.3 is 7.55 Å². The van der Waals surface area contributed by atoms with E-state index in [0.29, 0.717) is 12.5 Å². The molecule has 1 radical (unpaired) electrons. The lowest BCUT2D eigenvalue weighted by Crippen LogP contribution is -2.43. The van der Waals surface area contributed by atoms with Gasteiger partial charge in [-0.15, -0.1) is 9.90 Å². The number of fused-ring (bicyclic) bond motifs is 2. The molecule has 0 bridgehead atoms. The lowest BCUT2D eigenvalue weighted by Gasteiger charge is -2.28. The fourth-order valence-corrected chi connectivity index (χ4v) is 5.45. The van der Waals surface area contributed by atoms with Crippen LogP contribution in [0.2, 0.25) is 0 Å². The molecule has 0 spiro atoms. The van der Waals surface area contributed by atoms with Crippen molar-refractivity contribution in [1.29, 1.82) is 0 Å². The maximum atomic E-state index is 6.04. The number of nitrogens with zero attached hydrogens (tertiary/aromatic N) is 5. The molecule has 0 saturated carbocycles. The van der Waals surface area contributed by atoms with Gasteiger partial charge in [0.1, 0.15) is 23.5 Å². The molecule has 207 valence electrons. The summed E-state index contributed by atoms with van der Waals surface area (Å²) in [6, 6.07) is 18.0. The highest BCUT2D eigenvalue weighted by molar-refractivity contribution is 6.41. The summed E-state index contributed by atoms with van der Waals surface area (Å²) in [5.74, 6) is 3.70. The molecular formula is C31H34BN7O2+. The molecule has 2 aromatic heterocycles. The van der Waals surface area contributed by atoms with E-state index < -0.39 is 0 Å². The highest BCUT2D eigenvalue weighted by Gasteiger charge is 2.36. The number of amidine groups is 1. The maximum absolute atomic E-state index is 6.04. The summed E-state index contributed by atoms with van der Waals surface area (Å²) in [5.41, 5.74) is 13.1. The summed E-state index contributed by atoms with van der Waals surface area (Å²) < 4.78 is 15.2. The predicted octanol–water partition coefficient (Wildman–Crippen LogP) is 4.62. The number of benzene rings is 2. The molecule has 2 aliphatic heterocycles. The second-order valence-corrected chi connectivity index (χ2v) is 10.3. The van der Waals surface area contributed by atoms with Crippen LogP contribution in [0.5, 0.6) is 11.5 Å². The standard InChI is InChI=1S/C31H33BN7O2/c1-5-6-20(2)25-19-37(36-35-25)30-16-13-27-31(21-7-9-23(33)10-8-21)26-12-15-29(38(26)32-39(27)30)34-18-22-17-24(40-3)11-14-28(22)41-4/h7-17,19-20H,5-6,18H2,1-4H3,(H2,33,34)/p+1. The van der Waals surface area contributed by atoms with Crippen molar-refractivity contribution in [3.05, 3.63) is 101 Å². The normalized spacial score (nSPS) is 15.6. The Hall–Kier alpha value is -4.73. The number of ether oxygens (including phenoxy) is 2. The Kier molecular flexibility index (Phi) is 7.13. The number of nitrogen functional groups attached to an aromatic ring is 1. The van der Waals surface area contributed by atoms with Crippen molar-refractivity contribution in [1.82, 2.24) is 19.6 Å². The van der Waals surface area contributed by atoms with E-state index in [1.807, 2.05) is 35.0 Å². The zero-order valence-electron chi connectivity index (χ0n) is 23.8. The van der Waals surface area contributed by atoms with E-state index in [9.17, 15) is 0 Å². The van der Waals surface area contributed by atoms with Gasteiger partial charge in [-0.05, 0) is 65.6 Å². The molecule has 0 fully saturated rings. The number of aromatic nitrogens is 4. The Morgan fingerprint density at radius 3 is 2.66 bits per heavy atom. The predicted molar refractivity (Wildman–Crippen MR) is 161 cm³/mol. The van der Waals surface area contributed by atoms with Crippen LogP contribution in [-0.2, 0) is 6.54 Å². The van der Waals surface area contributed by atoms with Crippen LogP contribution >= 0.6 is 0 Å². The molecule has 9 nitrogen and oxygen atoms in total. The zero-order valence-corrected chi connectivity index (χ0v) is 23.8. The van der Waals surface area contributed by atoms with Crippen molar-refractivity contribution >= 4 is 24.6 Å². The zero-order chi connectivity index (χ0) is 28.5. The minimum atomic E-state index is 0.379. The number of rotatable bonds is 9. The van der Waals surface area contributed by atoms with Gasteiger partial charge < -0.3 is 20.0 Å². The fraction of sp³-hybridized carbons (Fsp3) is 0.258. The number of aliphatic imine (C=N–C) groups is 1. The quantitative estimate of drug-likeness (QED) is 0.181. The molecule has 0 saturated heterocycles. The van der Waals surface area contributed by atoms with E-state index in [2.05, 4.69) is 83.6 Å². The first-order valence-corrected chi connectivity index (χ1v) is 13.9. The molecule has 1 unspecified atom stereocenters. The number of anilines is 1. The van der Waals surface area contributed by atoms with Crippen molar-refractivity contribution in [2.24, 2.45) is 4.99 Å². The van der Waals surface area contributed by atoms with Crippen LogP contribution in [0.3, 0.4) is 0 Å². The number of hydrogen-bond acceptors (Lipinski definition) is 5. The maximum Gasteiger partial charge on any atom is 0.503 e. The molecule has 2 aliphatic rings. The topological polar surface area (TPSA) is 97.6 Å². The third-order valence-electron chi connectivity index (χ3n) is 7.66. The van der Waals surface area contributed by atoms with E-state index in [-0.39, 0.29) is 0 Å². The first-order valence-electron chi connectivity index (χ1n) is 13.9. The van der Waals surface area contributed by atoms with Gasteiger partial charge in [0.25, 0.3) is 0 Å². The molecule has 10 heteroatoms. The van der Waals surface area contributed by atoms with E-state index >= 15 is 0 Å². The largest absolute Gasteiger partial charge is 0.503 e. The minimum absolute atomic E-state index is 0.379. The van der Waals surface area contributed by atoms with Crippen LogP contribution in [0.1, 0.15) is 55.1 Å². The van der Waals surface area contributed by atoms with Gasteiger partial charge in [0.2, 0.25) is 5.82 Å². The number of allylic oxidation sites excluding steroid dienone is 1. The minimum Gasteiger partial charge on any atom is -0.497 e. The average molecular weight is 547 g/mol. The molecule has 4 aromatic rings. The van der Waals surface area contributed by atoms with Crippen LogP contribution < -0.4 is 19.9 Å². The van der Waals surface area contributed by atoms with Crippen LogP contribution in [0.4, 0.5) is 5.69 Å². The van der Waals surface area contributed by atoms with Crippen molar-refractivity contribution in [3.63, 3.8) is 0 Å². The van der Waals surface area contributed by atoms with Crippen LogP contribution in [0, 0.1) is 0 Å². The number of H-pyrrole nitrogens is 1. The lowest BCUT2D eigenvalue weighted by atomic mass is 9.92. The Balaban J connectivity index is 1.41. The monoisotopic (exact) mass is 547 g/mol. The van der Waals surface area contributed by atoms with Gasteiger partial charge in [0.05, 0.1) is 26.5 Å². The van der Waals surface area contributed by atoms with Gasteiger partial charge in [-0.3, -0.25) is 9.47 Å². The number of hydrogen-bond donors (Lipinski definition) is 2. The van der Waals surface area contributed by atoms with E-state index in [0.717, 1.165) is 75.5 Å². The second kappa shape index (κ2) is 11.0. The first kappa shape index (κ1) is 26.5. The molecule has 0 amide bonds. The summed E-state index contributed by atoms with van der Waals surface area (Å²) in [6.45, 7) is 4.86. The Morgan fingerprint density at radius 2 is 1.90 bits per heavy atom. The number of methoxy groups -OCH3 is 2. The molecule has 0 aliphatic carbocycles. The summed E-state index contributed by atoms with van der Waals surface area (Å²) >= 11 is 0. The fourth-order valence-electron chi connectivity index (χ4n) is 5.45. The SMILES string of the molecule is CCCC(C)c1c[n+](-c2ccc3n2[B]N2C(=NCc4cc(OC)ccc4OC)C=CC2=C3c2ccc(N)cc2)[nH]n1. The van der Waals surface area contributed by atoms with Gasteiger partial charge in [0.15, 0.2) is 5.69 Å². The van der Waals surface area contributed by atoms with E-state index in [4.69, 9.17) is 20.2 Å². The van der Waals surface area contributed by atoms with Crippen molar-refractivity contribution in [3.8, 4) is 17.3 Å². The first-order chi connectivity index (χ1) is 20.0. The Labute approximate surface area is 240 Å². The molecule has 41 heavy (non-hydrogen) atoms. The molecule has 6 rings (SSSR count). The van der Waals surface area contributed by atoms with Crippen LogP contribution in [-0.4, -0.2) is 47.2 Å². The molecule has 2 aromatic carbocycles. The lowest BCUT2D eigenvalue weighted by molar-refractivity contribution is -0.663. The van der Waals surface area contributed by atoms with Gasteiger partial charge in [-0.25, -0.2) is 0 Å². The Bertz CT molecular complexity index is 1670. The van der Waals surface area contributed by atoms with Gasteiger partial charge in [0, 0.05) is 34.5 Å². The average Bonchev–Trinajstić information content (AvgIpc) is 3.74. The third-order valence-corrected chi connectivity index (χ3v) is 7.66. The second-order valence-electron chi connectivity index (χ2n) is 10.3. The molecule has 1 atom stereocenters. The van der Waals surface area contributed by atoms with Gasteiger partial charge in [-0.2, -0.15) is 0 Å². The highest BCUT2D eigenvalue weighted by Crippen LogP contribution is 2.37. The van der Waals surface area contributed by atoms with E-state index in [1.165, 1.54) is 0 Å². The molecule has 3 N–H and O–H groups in total. The van der Waals surface area contributed by atoms with Crippen LogP contribution in [0.15, 0.2) is 83.6 Å². The van der Waals surface area contributed by atoms with Crippen molar-refractivity contribution in [2.45, 2.75) is 39.2 Å². The number of nitrogens with two attached hydrogens (primary N) is 1. The Morgan fingerprint density at radius 1 is 1.07 bits per heavy atom. The van der Waals surface area contributed by atoms with Crippen molar-refractivity contribution in [2.75, 3.05) is 20.0 Å². The van der Waals surface area contributed by atoms with Crippen LogP contribution in [0.25, 0.3) is 11.4 Å². The summed E-state index contributed by atoms with van der Waals surface area (Å²) in [4.78, 5) is 7.14. The molecule has 4 heterocycles.